The summed E-state index contributed by atoms with van der Waals surface area (Å²) in [7, 11) is 0. The van der Waals surface area contributed by atoms with Crippen LogP contribution in [-0.4, -0.2) is 22.4 Å². The molecule has 1 heterocycles. The van der Waals surface area contributed by atoms with E-state index >= 15 is 0 Å². The monoisotopic (exact) mass is 294 g/mol. The van der Waals surface area contributed by atoms with Crippen molar-refractivity contribution in [1.82, 2.24) is 10.3 Å². The van der Waals surface area contributed by atoms with Gasteiger partial charge in [-0.3, -0.25) is 14.9 Å². The van der Waals surface area contributed by atoms with Crippen LogP contribution in [0.3, 0.4) is 0 Å². The normalized spacial score (nSPS) is 10.3. The van der Waals surface area contributed by atoms with E-state index in [4.69, 9.17) is 5.73 Å². The van der Waals surface area contributed by atoms with Crippen LogP contribution in [-0.2, 0) is 0 Å². The van der Waals surface area contributed by atoms with Crippen molar-refractivity contribution in [2.45, 2.75) is 45.4 Å². The van der Waals surface area contributed by atoms with E-state index in [-0.39, 0.29) is 17.1 Å². The first-order valence-electron chi connectivity index (χ1n) is 7.24. The molecule has 7 heteroatoms. The Bertz CT molecular complexity index is 491. The topological polar surface area (TPSA) is 111 Å². The molecule has 1 rings (SSSR count). The Labute approximate surface area is 124 Å². The van der Waals surface area contributed by atoms with Crippen molar-refractivity contribution in [3.8, 4) is 0 Å². The number of nitrogens with two attached hydrogens (primary N) is 1. The van der Waals surface area contributed by atoms with Crippen LogP contribution in [0.5, 0.6) is 0 Å². The molecule has 21 heavy (non-hydrogen) atoms. The fourth-order valence-corrected chi connectivity index (χ4v) is 1.99. The number of nitro groups is 1. The second-order valence-electron chi connectivity index (χ2n) is 4.91. The molecule has 7 nitrogen and oxygen atoms in total. The van der Waals surface area contributed by atoms with Crippen LogP contribution >= 0.6 is 0 Å². The summed E-state index contributed by atoms with van der Waals surface area (Å²) in [6, 6.07) is 1.23. The summed E-state index contributed by atoms with van der Waals surface area (Å²) in [6.07, 6.45) is 7.70. The molecule has 0 fully saturated rings. The van der Waals surface area contributed by atoms with Gasteiger partial charge in [-0.2, -0.15) is 0 Å². The average molecular weight is 294 g/mol. The van der Waals surface area contributed by atoms with Crippen molar-refractivity contribution in [3.05, 3.63) is 27.9 Å². The maximum Gasteiger partial charge on any atom is 0.300 e. The van der Waals surface area contributed by atoms with E-state index in [2.05, 4.69) is 17.2 Å². The zero-order chi connectivity index (χ0) is 15.7. The molecule has 0 aliphatic carbocycles. The van der Waals surface area contributed by atoms with Crippen LogP contribution in [0.15, 0.2) is 12.3 Å². The molecule has 0 radical (unpaired) electrons. The van der Waals surface area contributed by atoms with E-state index in [0.717, 1.165) is 25.5 Å². The van der Waals surface area contributed by atoms with E-state index in [1.165, 1.54) is 25.3 Å². The van der Waals surface area contributed by atoms with E-state index in [0.29, 0.717) is 6.54 Å². The molecule has 1 amide bonds. The number of nitrogens with one attached hydrogen (secondary N) is 1. The van der Waals surface area contributed by atoms with Gasteiger partial charge < -0.3 is 11.1 Å². The van der Waals surface area contributed by atoms with Crippen LogP contribution in [0.2, 0.25) is 0 Å². The molecule has 116 valence electrons. The SMILES string of the molecule is CCCCCCCCNC(=O)c1cc(N)ncc1[N+](=O)[O-]. The zero-order valence-corrected chi connectivity index (χ0v) is 12.3. The van der Waals surface area contributed by atoms with Crippen molar-refractivity contribution in [2.24, 2.45) is 0 Å². The lowest BCUT2D eigenvalue weighted by Crippen LogP contribution is -2.25. The van der Waals surface area contributed by atoms with E-state index in [9.17, 15) is 14.9 Å². The van der Waals surface area contributed by atoms with Gasteiger partial charge in [0, 0.05) is 6.54 Å². The Hall–Kier alpha value is -2.18. The largest absolute Gasteiger partial charge is 0.384 e. The third-order valence-corrected chi connectivity index (χ3v) is 3.16. The van der Waals surface area contributed by atoms with Gasteiger partial charge in [0.25, 0.3) is 11.6 Å². The first kappa shape index (κ1) is 16.9. The number of anilines is 1. The third-order valence-electron chi connectivity index (χ3n) is 3.16. The van der Waals surface area contributed by atoms with Crippen LogP contribution in [0, 0.1) is 10.1 Å². The number of nitrogen functional groups attached to an aromatic ring is 1. The molecule has 1 aromatic rings. The lowest BCUT2D eigenvalue weighted by molar-refractivity contribution is -0.385. The van der Waals surface area contributed by atoms with E-state index in [1.54, 1.807) is 0 Å². The van der Waals surface area contributed by atoms with Crippen LogP contribution in [0.1, 0.15) is 55.8 Å². The van der Waals surface area contributed by atoms with Gasteiger partial charge >= 0.3 is 0 Å². The maximum atomic E-state index is 12.0. The second-order valence-corrected chi connectivity index (χ2v) is 4.91. The summed E-state index contributed by atoms with van der Waals surface area (Å²) < 4.78 is 0. The highest BCUT2D eigenvalue weighted by atomic mass is 16.6. The van der Waals surface area contributed by atoms with E-state index in [1.807, 2.05) is 0 Å². The maximum absolute atomic E-state index is 12.0. The Morgan fingerprint density at radius 1 is 1.33 bits per heavy atom. The molecule has 0 spiro atoms. The molecule has 0 aliphatic heterocycles. The minimum absolute atomic E-state index is 0.0431. The number of rotatable bonds is 9. The molecule has 3 N–H and O–H groups in total. The van der Waals surface area contributed by atoms with Gasteiger partial charge in [-0.1, -0.05) is 39.0 Å². The summed E-state index contributed by atoms with van der Waals surface area (Å²) in [5.41, 5.74) is 5.10. The zero-order valence-electron chi connectivity index (χ0n) is 12.3. The van der Waals surface area contributed by atoms with Crippen molar-refractivity contribution < 1.29 is 9.72 Å². The highest BCUT2D eigenvalue weighted by Gasteiger charge is 2.20. The average Bonchev–Trinajstić information content (AvgIpc) is 2.45. The molecule has 0 saturated heterocycles. The highest BCUT2D eigenvalue weighted by molar-refractivity contribution is 5.98. The standard InChI is InChI=1S/C14H22N4O3/c1-2-3-4-5-6-7-8-16-14(19)11-9-13(15)17-10-12(11)18(20)21/h9-10H,2-8H2,1H3,(H2,15,17)(H,16,19). The van der Waals surface area contributed by atoms with Crippen molar-refractivity contribution >= 4 is 17.4 Å². The van der Waals surface area contributed by atoms with Crippen molar-refractivity contribution in [2.75, 3.05) is 12.3 Å². The first-order valence-corrected chi connectivity index (χ1v) is 7.24. The van der Waals surface area contributed by atoms with Crippen molar-refractivity contribution in [3.63, 3.8) is 0 Å². The molecule has 0 atom stereocenters. The minimum atomic E-state index is -0.633. The number of unbranched alkanes of at least 4 members (excludes halogenated alkanes) is 5. The van der Waals surface area contributed by atoms with Gasteiger partial charge in [-0.25, -0.2) is 4.98 Å². The summed E-state index contributed by atoms with van der Waals surface area (Å²) >= 11 is 0. The highest BCUT2D eigenvalue weighted by Crippen LogP contribution is 2.18. The van der Waals surface area contributed by atoms with Gasteiger partial charge in [-0.15, -0.1) is 0 Å². The van der Waals surface area contributed by atoms with Crippen LogP contribution in [0.25, 0.3) is 0 Å². The molecule has 0 saturated carbocycles. The third kappa shape index (κ3) is 5.76. The molecular weight excluding hydrogens is 272 g/mol. The number of carbonyl (C=O) groups excluding carboxylic acids is 1. The number of amides is 1. The molecule has 0 bridgehead atoms. The lowest BCUT2D eigenvalue weighted by atomic mass is 10.1. The van der Waals surface area contributed by atoms with Gasteiger partial charge in [0.2, 0.25) is 0 Å². The van der Waals surface area contributed by atoms with Crippen LogP contribution in [0.4, 0.5) is 11.5 Å². The quantitative estimate of drug-likeness (QED) is 0.413. The molecule has 0 aromatic carbocycles. The molecular formula is C14H22N4O3. The van der Waals surface area contributed by atoms with Gasteiger partial charge in [-0.05, 0) is 12.5 Å². The molecule has 0 unspecified atom stereocenters. The van der Waals surface area contributed by atoms with Gasteiger partial charge in [0.05, 0.1) is 4.92 Å². The van der Waals surface area contributed by atoms with Gasteiger partial charge in [0.15, 0.2) is 0 Å². The number of pyridine rings is 1. The predicted octanol–water partition coefficient (Wildman–Crippen LogP) is 2.66. The summed E-state index contributed by atoms with van der Waals surface area (Å²) in [4.78, 5) is 25.8. The predicted molar refractivity (Wildman–Crippen MR) is 81.0 cm³/mol. The summed E-state index contributed by atoms with van der Waals surface area (Å²) in [5, 5.41) is 13.5. The fourth-order valence-electron chi connectivity index (χ4n) is 1.99. The smallest absolute Gasteiger partial charge is 0.300 e. The molecule has 0 aliphatic rings. The second kappa shape index (κ2) is 8.89. The van der Waals surface area contributed by atoms with Gasteiger partial charge in [0.1, 0.15) is 17.6 Å². The van der Waals surface area contributed by atoms with Crippen LogP contribution < -0.4 is 11.1 Å². The number of hydrogen-bond acceptors (Lipinski definition) is 5. The summed E-state index contributed by atoms with van der Waals surface area (Å²) in [6.45, 7) is 2.66. The minimum Gasteiger partial charge on any atom is -0.384 e. The summed E-state index contributed by atoms with van der Waals surface area (Å²) in [5.74, 6) is -0.394. The Morgan fingerprint density at radius 2 is 2.00 bits per heavy atom. The molecule has 1 aromatic heterocycles. The lowest BCUT2D eigenvalue weighted by Gasteiger charge is -2.06. The van der Waals surface area contributed by atoms with E-state index < -0.39 is 10.8 Å². The Balaban J connectivity index is 2.45. The Kier molecular flexibility index (Phi) is 7.14. The van der Waals surface area contributed by atoms with Crippen molar-refractivity contribution in [1.29, 1.82) is 0 Å². The fraction of sp³-hybridized carbons (Fsp3) is 0.571. The number of hydrogen-bond donors (Lipinski definition) is 2. The number of carbonyl (C=O) groups is 1. The number of nitrogens with zero attached hydrogens (tertiary/aromatic N) is 2. The number of aromatic nitrogens is 1. The first-order chi connectivity index (χ1) is 10.1. The Morgan fingerprint density at radius 3 is 2.67 bits per heavy atom.